The van der Waals surface area contributed by atoms with Gasteiger partial charge in [0.25, 0.3) is 0 Å². The molecule has 4 N–H and O–H groups in total. The van der Waals surface area contributed by atoms with Gasteiger partial charge in [0, 0.05) is 43.4 Å². The van der Waals surface area contributed by atoms with Gasteiger partial charge in [-0.25, -0.2) is 10.1 Å². The fraction of sp³-hybridized carbons (Fsp3) is 0.943. The van der Waals surface area contributed by atoms with Gasteiger partial charge < -0.3 is 14.5 Å². The molecule has 0 radical (unpaired) electrons. The average molecular weight is 616 g/mol. The second-order valence-corrected chi connectivity index (χ2v) is 15.4. The van der Waals surface area contributed by atoms with Crippen LogP contribution in [0, 0.1) is 5.92 Å². The van der Waals surface area contributed by atoms with E-state index in [9.17, 15) is 10.0 Å². The highest BCUT2D eigenvalue weighted by molar-refractivity contribution is 5.82. The number of esters is 1. The SMILES string of the molecule is CCCCCCCC1CC2CCC3C(C(=O)OCCCCCCCC4CC5CCC6CC(C)N=C(N4O)N65)C(C)NC(N1)[NH+]23. The fourth-order valence-corrected chi connectivity index (χ4v) is 10.0. The van der Waals surface area contributed by atoms with Gasteiger partial charge in [-0.2, -0.15) is 0 Å². The minimum Gasteiger partial charge on any atom is -0.465 e. The highest BCUT2D eigenvalue weighted by Crippen LogP contribution is 2.39. The number of carbonyl (C=O) groups is 1. The molecule has 9 nitrogen and oxygen atoms in total. The third kappa shape index (κ3) is 7.11. The number of hydroxylamine groups is 2. The Bertz CT molecular complexity index is 980. The van der Waals surface area contributed by atoms with Gasteiger partial charge in [-0.05, 0) is 58.8 Å². The number of nitrogens with zero attached hydrogens (tertiary/aromatic N) is 3. The number of nitrogens with one attached hydrogen (secondary N) is 3. The standard InChI is InChI=1S/C35H62N6O3/c1-4-5-6-8-11-14-26-22-28-18-19-31-32(25(3)37-34(38-26)40(28)31)33(42)44-20-13-10-7-9-12-15-30-23-29-17-16-27-21-24(2)36-35(39(27)29)41(30)43/h24-32,34,37-38,43H,4-23H2,1-3H3/p+1. The van der Waals surface area contributed by atoms with E-state index in [4.69, 9.17) is 9.73 Å². The molecule has 44 heavy (non-hydrogen) atoms. The summed E-state index contributed by atoms with van der Waals surface area (Å²) in [7, 11) is 0. The first-order valence-electron chi connectivity index (χ1n) is 18.8. The van der Waals surface area contributed by atoms with Crippen molar-refractivity contribution in [2.75, 3.05) is 6.61 Å². The van der Waals surface area contributed by atoms with E-state index >= 15 is 0 Å². The van der Waals surface area contributed by atoms with Gasteiger partial charge in [0.2, 0.25) is 5.96 Å². The third-order valence-corrected chi connectivity index (χ3v) is 12.2. The predicted octanol–water partition coefficient (Wildman–Crippen LogP) is 4.34. The second kappa shape index (κ2) is 15.0. The molecule has 0 aromatic rings. The maximum Gasteiger partial charge on any atom is 0.316 e. The second-order valence-electron chi connectivity index (χ2n) is 15.4. The number of carbonyl (C=O) groups excluding carboxylic acids is 1. The van der Waals surface area contributed by atoms with Gasteiger partial charge in [0.05, 0.1) is 24.7 Å². The summed E-state index contributed by atoms with van der Waals surface area (Å²) in [5.41, 5.74) is 0. The fourth-order valence-electron chi connectivity index (χ4n) is 10.0. The minimum atomic E-state index is -0.0432. The van der Waals surface area contributed by atoms with E-state index in [0.29, 0.717) is 42.9 Å². The average Bonchev–Trinajstić information content (AvgIpc) is 3.61. The quantitative estimate of drug-likeness (QED) is 0.161. The molecular formula is C35H63N6O3+. The van der Waals surface area contributed by atoms with E-state index in [0.717, 1.165) is 63.7 Å². The van der Waals surface area contributed by atoms with E-state index < -0.39 is 0 Å². The van der Waals surface area contributed by atoms with Crippen LogP contribution in [0.2, 0.25) is 0 Å². The molecule has 0 aromatic heterocycles. The van der Waals surface area contributed by atoms with Crippen LogP contribution in [0.1, 0.15) is 143 Å². The number of hydrogen-bond donors (Lipinski definition) is 4. The molecule has 11 unspecified atom stereocenters. The van der Waals surface area contributed by atoms with Gasteiger partial charge in [0.1, 0.15) is 12.0 Å². The lowest BCUT2D eigenvalue weighted by molar-refractivity contribution is -0.980. The van der Waals surface area contributed by atoms with Crippen molar-refractivity contribution in [3.63, 3.8) is 0 Å². The van der Waals surface area contributed by atoms with Gasteiger partial charge in [-0.3, -0.25) is 20.6 Å². The molecule has 0 saturated carbocycles. The first-order valence-corrected chi connectivity index (χ1v) is 18.8. The Balaban J connectivity index is 0.864. The summed E-state index contributed by atoms with van der Waals surface area (Å²) in [5, 5.41) is 20.2. The van der Waals surface area contributed by atoms with Crippen LogP contribution in [0.15, 0.2) is 4.99 Å². The van der Waals surface area contributed by atoms with Crippen molar-refractivity contribution in [2.45, 2.75) is 197 Å². The minimum absolute atomic E-state index is 0.0168. The number of aliphatic imine (C=N–C) groups is 1. The summed E-state index contributed by atoms with van der Waals surface area (Å²) in [6.07, 6.45) is 23.1. The van der Waals surface area contributed by atoms with Crippen LogP contribution in [-0.4, -0.2) is 88.3 Å². The van der Waals surface area contributed by atoms with Crippen molar-refractivity contribution in [1.29, 1.82) is 0 Å². The molecule has 250 valence electrons. The Hall–Kier alpha value is -1.42. The largest absolute Gasteiger partial charge is 0.465 e. The summed E-state index contributed by atoms with van der Waals surface area (Å²) >= 11 is 0. The summed E-state index contributed by atoms with van der Waals surface area (Å²) in [5.74, 6) is 0.817. The molecule has 6 rings (SSSR count). The summed E-state index contributed by atoms with van der Waals surface area (Å²) in [6, 6.07) is 3.44. The Morgan fingerprint density at radius 3 is 2.45 bits per heavy atom. The lowest BCUT2D eigenvalue weighted by Crippen LogP contribution is -3.27. The smallest absolute Gasteiger partial charge is 0.316 e. The number of unbranched alkanes of at least 4 members (excludes halogenated alkanes) is 8. The van der Waals surface area contributed by atoms with Crippen molar-refractivity contribution in [1.82, 2.24) is 20.6 Å². The maximum absolute atomic E-state index is 13.3. The Morgan fingerprint density at radius 1 is 0.909 bits per heavy atom. The zero-order chi connectivity index (χ0) is 30.6. The van der Waals surface area contributed by atoms with Crippen LogP contribution in [0.4, 0.5) is 0 Å². The molecular weight excluding hydrogens is 552 g/mol. The lowest BCUT2D eigenvalue weighted by Gasteiger charge is -2.49. The Labute approximate surface area is 266 Å². The molecule has 0 amide bonds. The lowest BCUT2D eigenvalue weighted by atomic mass is 9.88. The van der Waals surface area contributed by atoms with Gasteiger partial charge in [-0.15, -0.1) is 0 Å². The number of guanidine groups is 1. The van der Waals surface area contributed by atoms with Crippen LogP contribution in [0.5, 0.6) is 0 Å². The van der Waals surface area contributed by atoms with Crippen molar-refractivity contribution >= 4 is 11.9 Å². The topological polar surface area (TPSA) is 93.9 Å². The molecule has 6 heterocycles. The van der Waals surface area contributed by atoms with Crippen LogP contribution in [0.3, 0.4) is 0 Å². The molecule has 6 aliphatic rings. The first kappa shape index (κ1) is 32.5. The molecule has 0 bridgehead atoms. The maximum atomic E-state index is 13.3. The van der Waals surface area contributed by atoms with E-state index in [1.54, 1.807) is 4.90 Å². The Kier molecular flexibility index (Phi) is 11.1. The first-order chi connectivity index (χ1) is 21.4. The normalized spacial score (nSPS) is 39.2. The summed E-state index contributed by atoms with van der Waals surface area (Å²) in [6.45, 7) is 7.19. The molecule has 9 heteroatoms. The Morgan fingerprint density at radius 2 is 1.64 bits per heavy atom. The van der Waals surface area contributed by atoms with E-state index in [1.807, 2.05) is 0 Å². The molecule has 6 aliphatic heterocycles. The monoisotopic (exact) mass is 615 g/mol. The van der Waals surface area contributed by atoms with Gasteiger partial charge in [-0.1, -0.05) is 64.7 Å². The van der Waals surface area contributed by atoms with Gasteiger partial charge in [0.15, 0.2) is 6.29 Å². The van der Waals surface area contributed by atoms with Crippen LogP contribution < -0.4 is 15.5 Å². The van der Waals surface area contributed by atoms with E-state index in [2.05, 4.69) is 36.3 Å². The number of quaternary nitrogens is 1. The predicted molar refractivity (Wildman–Crippen MR) is 173 cm³/mol. The molecule has 5 fully saturated rings. The molecule has 0 spiro atoms. The zero-order valence-corrected chi connectivity index (χ0v) is 28.0. The number of ether oxygens (including phenoxy) is 1. The number of rotatable bonds is 15. The van der Waals surface area contributed by atoms with Gasteiger partial charge >= 0.3 is 5.97 Å². The van der Waals surface area contributed by atoms with Crippen molar-refractivity contribution in [3.8, 4) is 0 Å². The summed E-state index contributed by atoms with van der Waals surface area (Å²) < 4.78 is 5.92. The van der Waals surface area contributed by atoms with Crippen LogP contribution in [-0.2, 0) is 9.53 Å². The van der Waals surface area contributed by atoms with E-state index in [1.165, 1.54) is 69.3 Å². The number of hydrogen-bond acceptors (Lipinski definition) is 8. The molecule has 0 aliphatic carbocycles. The zero-order valence-electron chi connectivity index (χ0n) is 28.0. The summed E-state index contributed by atoms with van der Waals surface area (Å²) in [4.78, 5) is 22.2. The highest BCUT2D eigenvalue weighted by atomic mass is 16.5. The van der Waals surface area contributed by atoms with Crippen molar-refractivity contribution < 1.29 is 19.6 Å². The van der Waals surface area contributed by atoms with Crippen LogP contribution >= 0.6 is 0 Å². The third-order valence-electron chi connectivity index (χ3n) is 12.2. The van der Waals surface area contributed by atoms with Crippen molar-refractivity contribution in [3.05, 3.63) is 0 Å². The molecule has 5 saturated heterocycles. The van der Waals surface area contributed by atoms with Crippen LogP contribution in [0.25, 0.3) is 0 Å². The van der Waals surface area contributed by atoms with E-state index in [-0.39, 0.29) is 30.3 Å². The highest BCUT2D eigenvalue weighted by Gasteiger charge is 2.56. The van der Waals surface area contributed by atoms with Crippen molar-refractivity contribution in [2.24, 2.45) is 10.9 Å². The molecule has 0 aromatic carbocycles. The molecule has 11 atom stereocenters.